The Bertz CT molecular complexity index is 330. The van der Waals surface area contributed by atoms with Gasteiger partial charge in [0.05, 0.1) is 0 Å². The van der Waals surface area contributed by atoms with E-state index >= 15 is 0 Å². The van der Waals surface area contributed by atoms with Crippen molar-refractivity contribution in [3.63, 3.8) is 0 Å². The van der Waals surface area contributed by atoms with Crippen molar-refractivity contribution < 1.29 is 24.0 Å². The minimum absolute atomic E-state index is 0.0592. The molecule has 0 aliphatic heterocycles. The first-order chi connectivity index (χ1) is 9.02. The molecular weight excluding hydrogens is 308 g/mol. The van der Waals surface area contributed by atoms with Crippen LogP contribution >= 0.6 is 21.6 Å². The summed E-state index contributed by atoms with van der Waals surface area (Å²) in [4.78, 5) is 20.5. The molecule has 0 amide bonds. The Labute approximate surface area is 123 Å². The monoisotopic (exact) mass is 326 g/mol. The van der Waals surface area contributed by atoms with E-state index in [1.807, 2.05) is 5.41 Å². The fourth-order valence-corrected chi connectivity index (χ4v) is 3.81. The van der Waals surface area contributed by atoms with Gasteiger partial charge in [-0.05, 0) is 18.2 Å². The summed E-state index contributed by atoms with van der Waals surface area (Å²) in [5, 5.41) is 18.7. The number of hydrogen-bond donors (Lipinski definition) is 2. The van der Waals surface area contributed by atoms with E-state index < -0.39 is 22.7 Å². The molecule has 0 aliphatic rings. The van der Waals surface area contributed by atoms with E-state index in [2.05, 4.69) is 0 Å². The molecule has 0 fully saturated rings. The third-order valence-electron chi connectivity index (χ3n) is 1.88. The van der Waals surface area contributed by atoms with Crippen molar-refractivity contribution in [3.05, 3.63) is 11.5 Å². The quantitative estimate of drug-likeness (QED) is 0.420. The molecule has 19 heavy (non-hydrogen) atoms. The topological polar surface area (TPSA) is 91.7 Å². The molecule has 0 rings (SSSR count). The van der Waals surface area contributed by atoms with Gasteiger partial charge in [-0.15, -0.1) is 0 Å². The molecule has 0 bridgehead atoms. The molecule has 8 heteroatoms. The summed E-state index contributed by atoms with van der Waals surface area (Å²) in [6, 6.07) is 0. The number of carboxylic acids is 2. The van der Waals surface area contributed by atoms with Crippen molar-refractivity contribution in [2.24, 2.45) is 0 Å². The number of aliphatic carboxylic acids is 2. The van der Waals surface area contributed by atoms with Crippen LogP contribution in [-0.4, -0.2) is 43.6 Å². The van der Waals surface area contributed by atoms with Crippen LogP contribution in [0.4, 0.5) is 0 Å². The van der Waals surface area contributed by atoms with Gasteiger partial charge >= 0.3 is 11.9 Å². The summed E-state index contributed by atoms with van der Waals surface area (Å²) < 4.78 is 11.4. The molecule has 0 radical (unpaired) electrons. The first-order valence-electron chi connectivity index (χ1n) is 5.74. The Morgan fingerprint density at radius 1 is 1.11 bits per heavy atom. The lowest BCUT2D eigenvalue weighted by molar-refractivity contribution is -0.138. The molecule has 0 aliphatic carbocycles. The number of rotatable bonds is 12. The molecule has 0 aromatic carbocycles. The summed E-state index contributed by atoms with van der Waals surface area (Å²) in [5.41, 5.74) is 0. The minimum atomic E-state index is -1.00. The highest BCUT2D eigenvalue weighted by atomic mass is 33.1. The fourth-order valence-electron chi connectivity index (χ4n) is 1.02. The Morgan fingerprint density at radius 3 is 2.37 bits per heavy atom. The van der Waals surface area contributed by atoms with Gasteiger partial charge in [0.2, 0.25) is 0 Å². The first-order valence-corrected chi connectivity index (χ1v) is 9.61. The van der Waals surface area contributed by atoms with Gasteiger partial charge in [0.15, 0.2) is 0 Å². The molecule has 0 aromatic heterocycles. The SMILES string of the molecule is O=C(O)CCCSSC=CCS(=O)CCCC(=O)O. The Kier molecular flexibility index (Phi) is 12.2. The average Bonchev–Trinajstić information content (AvgIpc) is 2.31. The summed E-state index contributed by atoms with van der Waals surface area (Å²) in [7, 11) is 2.05. The molecule has 0 aromatic rings. The number of carbonyl (C=O) groups is 2. The number of carboxylic acid groups (broad SMARTS) is 2. The third kappa shape index (κ3) is 15.5. The van der Waals surface area contributed by atoms with Crippen LogP contribution in [0.15, 0.2) is 11.5 Å². The van der Waals surface area contributed by atoms with Gasteiger partial charge in [-0.3, -0.25) is 13.8 Å². The van der Waals surface area contributed by atoms with Crippen molar-refractivity contribution in [1.82, 2.24) is 0 Å². The van der Waals surface area contributed by atoms with Gasteiger partial charge in [-0.2, -0.15) is 0 Å². The maximum Gasteiger partial charge on any atom is 0.303 e. The smallest absolute Gasteiger partial charge is 0.303 e. The highest BCUT2D eigenvalue weighted by Crippen LogP contribution is 2.23. The lowest BCUT2D eigenvalue weighted by atomic mass is 10.3. The molecule has 1 atom stereocenters. The van der Waals surface area contributed by atoms with Crippen molar-refractivity contribution in [2.75, 3.05) is 17.3 Å². The summed E-state index contributed by atoms with van der Waals surface area (Å²) >= 11 is 0. The van der Waals surface area contributed by atoms with Crippen molar-refractivity contribution in [3.8, 4) is 0 Å². The van der Waals surface area contributed by atoms with Crippen molar-refractivity contribution in [1.29, 1.82) is 0 Å². The van der Waals surface area contributed by atoms with Crippen molar-refractivity contribution in [2.45, 2.75) is 25.7 Å². The lowest BCUT2D eigenvalue weighted by Crippen LogP contribution is -2.03. The van der Waals surface area contributed by atoms with Crippen LogP contribution in [0, 0.1) is 0 Å². The molecule has 0 heterocycles. The fraction of sp³-hybridized carbons (Fsp3) is 0.636. The predicted octanol–water partition coefficient (Wildman–Crippen LogP) is 2.36. The van der Waals surface area contributed by atoms with E-state index in [1.54, 1.807) is 16.9 Å². The molecule has 0 saturated heterocycles. The van der Waals surface area contributed by atoms with Gasteiger partial charge in [-0.1, -0.05) is 27.7 Å². The average molecular weight is 326 g/mol. The molecule has 2 N–H and O–H groups in total. The Morgan fingerprint density at radius 2 is 1.74 bits per heavy atom. The molecule has 0 saturated carbocycles. The molecular formula is C11H18O5S3. The molecule has 1 unspecified atom stereocenters. The van der Waals surface area contributed by atoms with Crippen molar-refractivity contribution >= 4 is 44.3 Å². The van der Waals surface area contributed by atoms with Crippen LogP contribution in [0.5, 0.6) is 0 Å². The van der Waals surface area contributed by atoms with E-state index in [-0.39, 0.29) is 12.8 Å². The van der Waals surface area contributed by atoms with Crippen LogP contribution in [-0.2, 0) is 20.4 Å². The van der Waals surface area contributed by atoms with E-state index in [0.717, 1.165) is 5.75 Å². The summed E-state index contributed by atoms with van der Waals surface area (Å²) in [6.45, 7) is 0. The van der Waals surface area contributed by atoms with Gasteiger partial charge in [-0.25, -0.2) is 0 Å². The van der Waals surface area contributed by atoms with Crippen LogP contribution in [0.25, 0.3) is 0 Å². The highest BCUT2D eigenvalue weighted by molar-refractivity contribution is 8.77. The van der Waals surface area contributed by atoms with E-state index in [1.165, 1.54) is 10.8 Å². The second kappa shape index (κ2) is 12.6. The maximum atomic E-state index is 11.4. The van der Waals surface area contributed by atoms with Gasteiger partial charge in [0, 0.05) is 40.9 Å². The molecule has 110 valence electrons. The zero-order valence-electron chi connectivity index (χ0n) is 10.4. The van der Waals surface area contributed by atoms with Crippen LogP contribution in [0.1, 0.15) is 25.7 Å². The molecule has 0 spiro atoms. The van der Waals surface area contributed by atoms with Crippen LogP contribution in [0.2, 0.25) is 0 Å². The summed E-state index contributed by atoms with van der Waals surface area (Å²) in [5.74, 6) is -0.0305. The zero-order valence-corrected chi connectivity index (χ0v) is 12.9. The Hall–Kier alpha value is -0.470. The molecule has 5 nitrogen and oxygen atoms in total. The van der Waals surface area contributed by atoms with Crippen LogP contribution < -0.4 is 0 Å². The second-order valence-corrected chi connectivity index (χ2v) is 7.61. The second-order valence-electron chi connectivity index (χ2n) is 3.60. The maximum absolute atomic E-state index is 11.4. The van der Waals surface area contributed by atoms with E-state index in [9.17, 15) is 13.8 Å². The van der Waals surface area contributed by atoms with E-state index in [4.69, 9.17) is 10.2 Å². The highest BCUT2D eigenvalue weighted by Gasteiger charge is 2.00. The van der Waals surface area contributed by atoms with Gasteiger partial charge < -0.3 is 10.2 Å². The lowest BCUT2D eigenvalue weighted by Gasteiger charge is -1.97. The zero-order chi connectivity index (χ0) is 14.5. The first kappa shape index (κ1) is 18.5. The van der Waals surface area contributed by atoms with E-state index in [0.29, 0.717) is 24.3 Å². The standard InChI is InChI=1S/C11H18O5S3/c12-10(13)4-1-6-17-18-7-3-9-19(16)8-2-5-11(14)15/h3,7H,1-2,4-6,8-9H2,(H,12,13)(H,14,15). The normalized spacial score (nSPS) is 12.6. The summed E-state index contributed by atoms with van der Waals surface area (Å²) in [6.07, 6.45) is 3.12. The van der Waals surface area contributed by atoms with Gasteiger partial charge in [0.25, 0.3) is 0 Å². The predicted molar refractivity (Wildman–Crippen MR) is 80.8 cm³/mol. The van der Waals surface area contributed by atoms with Gasteiger partial charge in [0.1, 0.15) is 0 Å². The third-order valence-corrected chi connectivity index (χ3v) is 5.33. The largest absolute Gasteiger partial charge is 0.481 e. The minimum Gasteiger partial charge on any atom is -0.481 e. The van der Waals surface area contributed by atoms with Crippen LogP contribution in [0.3, 0.4) is 0 Å². The number of hydrogen-bond acceptors (Lipinski definition) is 5. The Balaban J connectivity index is 3.39.